The van der Waals surface area contributed by atoms with Crippen LogP contribution in [0.5, 0.6) is 5.75 Å². The molecule has 9 heteroatoms. The molecule has 1 aromatic carbocycles. The van der Waals surface area contributed by atoms with Crippen LogP contribution >= 0.6 is 0 Å². The molecule has 1 heterocycles. The third-order valence-electron chi connectivity index (χ3n) is 3.54. The van der Waals surface area contributed by atoms with E-state index in [1.54, 1.807) is 0 Å². The van der Waals surface area contributed by atoms with Crippen molar-refractivity contribution in [2.75, 3.05) is 20.3 Å². The molecule has 0 aromatic heterocycles. The molecule has 1 aliphatic heterocycles. The highest BCUT2D eigenvalue weighted by Crippen LogP contribution is 2.30. The van der Waals surface area contributed by atoms with E-state index in [-0.39, 0.29) is 18.3 Å². The maximum absolute atomic E-state index is 13.1. The van der Waals surface area contributed by atoms with Crippen LogP contribution in [0.4, 0.5) is 17.6 Å². The number of rotatable bonds is 6. The summed E-state index contributed by atoms with van der Waals surface area (Å²) in [5, 5.41) is 2.59. The zero-order valence-electron chi connectivity index (χ0n) is 12.8. The van der Waals surface area contributed by atoms with Crippen LogP contribution in [-0.4, -0.2) is 50.9 Å². The number of benzene rings is 1. The Balaban J connectivity index is 2.15. The van der Waals surface area contributed by atoms with E-state index in [2.05, 4.69) is 10.1 Å². The van der Waals surface area contributed by atoms with Crippen LogP contribution in [-0.2, 0) is 9.47 Å². The topological polar surface area (TPSA) is 56.8 Å². The number of halogens is 4. The fourth-order valence-electron chi connectivity index (χ4n) is 2.32. The monoisotopic (exact) mass is 351 g/mol. The molecule has 24 heavy (non-hydrogen) atoms. The van der Waals surface area contributed by atoms with Crippen molar-refractivity contribution < 1.29 is 36.6 Å². The lowest BCUT2D eigenvalue weighted by atomic mass is 10.1. The number of ether oxygens (including phenoxy) is 3. The predicted molar refractivity (Wildman–Crippen MR) is 75.5 cm³/mol. The van der Waals surface area contributed by atoms with Crippen LogP contribution in [0.3, 0.4) is 0 Å². The van der Waals surface area contributed by atoms with Gasteiger partial charge in [0.25, 0.3) is 5.91 Å². The Bertz CT molecular complexity index is 570. The van der Waals surface area contributed by atoms with Gasteiger partial charge in [-0.3, -0.25) is 4.79 Å². The van der Waals surface area contributed by atoms with Crippen molar-refractivity contribution in [3.05, 3.63) is 29.8 Å². The first-order valence-corrected chi connectivity index (χ1v) is 7.20. The SMILES string of the molecule is CO[C@@H]1CCOC[C@H]1NC(=O)c1ccccc1OC(F)(F)C(F)F. The van der Waals surface area contributed by atoms with Crippen LogP contribution in [0.15, 0.2) is 24.3 Å². The second-order valence-corrected chi connectivity index (χ2v) is 5.18. The molecular weight excluding hydrogens is 334 g/mol. The number of amides is 1. The summed E-state index contributed by atoms with van der Waals surface area (Å²) in [6.07, 6.45) is -8.45. The first-order chi connectivity index (χ1) is 11.3. The van der Waals surface area contributed by atoms with Crippen molar-refractivity contribution in [3.8, 4) is 5.75 Å². The molecule has 0 aliphatic carbocycles. The third-order valence-corrected chi connectivity index (χ3v) is 3.54. The molecule has 1 aromatic rings. The Labute approximate surface area is 135 Å². The lowest BCUT2D eigenvalue weighted by Gasteiger charge is -2.31. The van der Waals surface area contributed by atoms with E-state index in [1.165, 1.54) is 25.3 Å². The molecule has 134 valence electrons. The first-order valence-electron chi connectivity index (χ1n) is 7.20. The second kappa shape index (κ2) is 7.80. The number of para-hydroxylation sites is 1. The van der Waals surface area contributed by atoms with Crippen molar-refractivity contribution >= 4 is 5.91 Å². The molecule has 1 amide bonds. The van der Waals surface area contributed by atoms with E-state index in [0.29, 0.717) is 13.0 Å². The van der Waals surface area contributed by atoms with Crippen LogP contribution in [0.25, 0.3) is 0 Å². The zero-order chi connectivity index (χ0) is 17.7. The van der Waals surface area contributed by atoms with Gasteiger partial charge in [0.2, 0.25) is 0 Å². The van der Waals surface area contributed by atoms with Crippen molar-refractivity contribution in [2.24, 2.45) is 0 Å². The molecule has 2 rings (SSSR count). The highest BCUT2D eigenvalue weighted by Gasteiger charge is 2.44. The standard InChI is InChI=1S/C15H17F4NO4/c1-22-12-6-7-23-8-10(12)20-13(21)9-4-2-3-5-11(9)24-15(18,19)14(16)17/h2-5,10,12,14H,6-8H2,1H3,(H,20,21)/t10-,12-/m1/s1. The minimum absolute atomic E-state index is 0.195. The highest BCUT2D eigenvalue weighted by atomic mass is 19.3. The summed E-state index contributed by atoms with van der Waals surface area (Å²) in [5.41, 5.74) is -0.279. The Morgan fingerprint density at radius 1 is 1.38 bits per heavy atom. The number of alkyl halides is 4. The van der Waals surface area contributed by atoms with E-state index in [1.807, 2.05) is 0 Å². The Morgan fingerprint density at radius 2 is 2.08 bits per heavy atom. The number of carbonyl (C=O) groups is 1. The molecular formula is C15H17F4NO4. The fourth-order valence-corrected chi connectivity index (χ4v) is 2.32. The molecule has 1 N–H and O–H groups in total. The van der Waals surface area contributed by atoms with E-state index in [9.17, 15) is 22.4 Å². The summed E-state index contributed by atoms with van der Waals surface area (Å²) in [4.78, 5) is 12.3. The summed E-state index contributed by atoms with van der Waals surface area (Å²) in [5.74, 6) is -1.38. The second-order valence-electron chi connectivity index (χ2n) is 5.18. The van der Waals surface area contributed by atoms with Gasteiger partial charge in [-0.25, -0.2) is 0 Å². The Hall–Kier alpha value is -1.87. The van der Waals surface area contributed by atoms with Gasteiger partial charge in [0.1, 0.15) is 5.75 Å². The van der Waals surface area contributed by atoms with Crippen molar-refractivity contribution in [1.29, 1.82) is 0 Å². The molecule has 1 aliphatic rings. The van der Waals surface area contributed by atoms with Gasteiger partial charge in [-0.05, 0) is 18.6 Å². The summed E-state index contributed by atoms with van der Waals surface area (Å²) < 4.78 is 65.3. The summed E-state index contributed by atoms with van der Waals surface area (Å²) >= 11 is 0. The van der Waals surface area contributed by atoms with Gasteiger partial charge < -0.3 is 19.5 Å². The minimum atomic E-state index is -4.70. The van der Waals surface area contributed by atoms with Crippen LogP contribution in [0.1, 0.15) is 16.8 Å². The number of hydrogen-bond donors (Lipinski definition) is 1. The smallest absolute Gasteiger partial charge is 0.427 e. The van der Waals surface area contributed by atoms with Gasteiger partial charge in [-0.15, -0.1) is 0 Å². The average Bonchev–Trinajstić information content (AvgIpc) is 2.55. The first kappa shape index (κ1) is 18.5. The lowest BCUT2D eigenvalue weighted by Crippen LogP contribution is -2.50. The van der Waals surface area contributed by atoms with Gasteiger partial charge in [-0.1, -0.05) is 12.1 Å². The largest absolute Gasteiger partial charge is 0.461 e. The quantitative estimate of drug-likeness (QED) is 0.800. The Kier molecular flexibility index (Phi) is 6.00. The average molecular weight is 351 g/mol. The maximum Gasteiger partial charge on any atom is 0.461 e. The number of nitrogens with one attached hydrogen (secondary N) is 1. The number of hydrogen-bond acceptors (Lipinski definition) is 4. The molecule has 1 fully saturated rings. The summed E-state index contributed by atoms with van der Waals surface area (Å²) in [6.45, 7) is 0.672. The van der Waals surface area contributed by atoms with E-state index in [4.69, 9.17) is 9.47 Å². The number of carbonyl (C=O) groups excluding carboxylic acids is 1. The van der Waals surface area contributed by atoms with Gasteiger partial charge >= 0.3 is 12.5 Å². The van der Waals surface area contributed by atoms with E-state index < -0.39 is 30.2 Å². The molecule has 1 saturated heterocycles. The van der Waals surface area contributed by atoms with Gasteiger partial charge in [0.15, 0.2) is 0 Å². The molecule has 5 nitrogen and oxygen atoms in total. The molecule has 0 bridgehead atoms. The normalized spacial score (nSPS) is 21.6. The molecule has 0 radical (unpaired) electrons. The Morgan fingerprint density at radius 3 is 2.75 bits per heavy atom. The molecule has 0 spiro atoms. The molecule has 0 unspecified atom stereocenters. The van der Waals surface area contributed by atoms with Crippen molar-refractivity contribution in [1.82, 2.24) is 5.32 Å². The minimum Gasteiger partial charge on any atom is -0.427 e. The summed E-state index contributed by atoms with van der Waals surface area (Å²) in [7, 11) is 1.48. The lowest BCUT2D eigenvalue weighted by molar-refractivity contribution is -0.253. The van der Waals surface area contributed by atoms with Gasteiger partial charge in [0.05, 0.1) is 24.3 Å². The predicted octanol–water partition coefficient (Wildman–Crippen LogP) is 2.46. The maximum atomic E-state index is 13.1. The summed E-state index contributed by atoms with van der Waals surface area (Å²) in [6, 6.07) is 4.46. The van der Waals surface area contributed by atoms with Crippen LogP contribution in [0, 0.1) is 0 Å². The third kappa shape index (κ3) is 4.35. The molecule has 2 atom stereocenters. The van der Waals surface area contributed by atoms with Gasteiger partial charge in [-0.2, -0.15) is 17.6 Å². The van der Waals surface area contributed by atoms with E-state index >= 15 is 0 Å². The van der Waals surface area contributed by atoms with E-state index in [0.717, 1.165) is 6.07 Å². The number of methoxy groups -OCH3 is 1. The zero-order valence-corrected chi connectivity index (χ0v) is 12.8. The molecule has 0 saturated carbocycles. The highest BCUT2D eigenvalue weighted by molar-refractivity contribution is 5.97. The van der Waals surface area contributed by atoms with Gasteiger partial charge in [0, 0.05) is 13.7 Å². The van der Waals surface area contributed by atoms with Crippen LogP contribution in [0.2, 0.25) is 0 Å². The van der Waals surface area contributed by atoms with Crippen molar-refractivity contribution in [3.63, 3.8) is 0 Å². The van der Waals surface area contributed by atoms with Crippen molar-refractivity contribution in [2.45, 2.75) is 31.1 Å². The fraction of sp³-hybridized carbons (Fsp3) is 0.533. The van der Waals surface area contributed by atoms with Crippen LogP contribution < -0.4 is 10.1 Å².